The van der Waals surface area contributed by atoms with Gasteiger partial charge in [-0.2, -0.15) is 0 Å². The molecule has 0 radical (unpaired) electrons. The third kappa shape index (κ3) is 3.90. The summed E-state index contributed by atoms with van der Waals surface area (Å²) >= 11 is 7.40. The molecule has 0 atom stereocenters. The number of aromatic nitrogens is 2. The maximum atomic E-state index is 12.5. The predicted molar refractivity (Wildman–Crippen MR) is 87.6 cm³/mol. The molecular formula is C15H16ClN3O2S. The number of amides is 1. The Morgan fingerprint density at radius 3 is 2.91 bits per heavy atom. The number of hydrogen-bond donors (Lipinski definition) is 0. The molecule has 1 aromatic carbocycles. The number of rotatable bonds is 5. The molecule has 5 nitrogen and oxygen atoms in total. The van der Waals surface area contributed by atoms with Crippen LogP contribution >= 0.6 is 23.4 Å². The molecule has 0 spiro atoms. The summed E-state index contributed by atoms with van der Waals surface area (Å²) in [5.74, 6) is 0.508. The van der Waals surface area contributed by atoms with E-state index in [9.17, 15) is 4.79 Å². The van der Waals surface area contributed by atoms with Crippen LogP contribution in [-0.4, -0.2) is 41.2 Å². The number of thioether (sulfide) groups is 1. The van der Waals surface area contributed by atoms with Gasteiger partial charge in [0.25, 0.3) is 5.91 Å². The number of hydrogen-bond acceptors (Lipinski definition) is 5. The van der Waals surface area contributed by atoms with Crippen molar-refractivity contribution in [2.45, 2.75) is 11.7 Å². The smallest absolute Gasteiger partial charge is 0.274 e. The fraction of sp³-hybridized carbons (Fsp3) is 0.267. The minimum Gasteiger partial charge on any atom is -0.497 e. The van der Waals surface area contributed by atoms with E-state index in [2.05, 4.69) is 9.97 Å². The Kier molecular flexibility index (Phi) is 5.63. The molecule has 0 saturated carbocycles. The quantitative estimate of drug-likeness (QED) is 0.619. The zero-order valence-corrected chi connectivity index (χ0v) is 14.1. The van der Waals surface area contributed by atoms with Gasteiger partial charge in [-0.3, -0.25) is 4.79 Å². The fourth-order valence-electron chi connectivity index (χ4n) is 1.90. The van der Waals surface area contributed by atoms with Crippen LogP contribution in [0.15, 0.2) is 35.6 Å². The van der Waals surface area contributed by atoms with Crippen molar-refractivity contribution in [3.05, 3.63) is 46.7 Å². The highest BCUT2D eigenvalue weighted by Gasteiger charge is 2.18. The number of benzene rings is 1. The maximum Gasteiger partial charge on any atom is 0.274 e. The lowest BCUT2D eigenvalue weighted by Gasteiger charge is -2.18. The largest absolute Gasteiger partial charge is 0.497 e. The minimum atomic E-state index is -0.245. The Balaban J connectivity index is 2.18. The standard InChI is InChI=1S/C15H16ClN3O2S/c1-19(9-10-5-4-6-11(7-10)21-2)14(20)13-12(16)8-17-15(18-13)22-3/h4-8H,9H2,1-3H3. The third-order valence-corrected chi connectivity index (χ3v) is 3.85. The molecule has 0 saturated heterocycles. The first kappa shape index (κ1) is 16.6. The third-order valence-electron chi connectivity index (χ3n) is 3.01. The van der Waals surface area contributed by atoms with Crippen molar-refractivity contribution < 1.29 is 9.53 Å². The SMILES string of the molecule is COc1cccc(CN(C)C(=O)c2nc(SC)ncc2Cl)c1. The van der Waals surface area contributed by atoms with Gasteiger partial charge in [0.15, 0.2) is 10.9 Å². The lowest BCUT2D eigenvalue weighted by atomic mass is 10.2. The van der Waals surface area contributed by atoms with Crippen LogP contribution < -0.4 is 4.74 Å². The second-order valence-corrected chi connectivity index (χ2v) is 5.75. The summed E-state index contributed by atoms with van der Waals surface area (Å²) in [5, 5.41) is 0.767. The van der Waals surface area contributed by atoms with Crippen LogP contribution in [0, 0.1) is 0 Å². The Morgan fingerprint density at radius 2 is 2.23 bits per heavy atom. The van der Waals surface area contributed by atoms with E-state index in [1.165, 1.54) is 18.0 Å². The van der Waals surface area contributed by atoms with Crippen molar-refractivity contribution in [2.24, 2.45) is 0 Å². The van der Waals surface area contributed by atoms with Gasteiger partial charge in [-0.15, -0.1) is 0 Å². The zero-order chi connectivity index (χ0) is 16.1. The fourth-order valence-corrected chi connectivity index (χ4v) is 2.41. The van der Waals surface area contributed by atoms with Gasteiger partial charge in [0.1, 0.15) is 5.75 Å². The molecular weight excluding hydrogens is 322 g/mol. The highest BCUT2D eigenvalue weighted by atomic mass is 35.5. The summed E-state index contributed by atoms with van der Waals surface area (Å²) < 4.78 is 5.18. The van der Waals surface area contributed by atoms with Crippen molar-refractivity contribution in [1.82, 2.24) is 14.9 Å². The van der Waals surface area contributed by atoms with Crippen LogP contribution in [0.1, 0.15) is 16.1 Å². The summed E-state index contributed by atoms with van der Waals surface area (Å²) in [4.78, 5) is 22.3. The number of carbonyl (C=O) groups excluding carboxylic acids is 1. The Hall–Kier alpha value is -1.79. The van der Waals surface area contributed by atoms with Crippen molar-refractivity contribution in [3.63, 3.8) is 0 Å². The monoisotopic (exact) mass is 337 g/mol. The topological polar surface area (TPSA) is 55.3 Å². The van der Waals surface area contributed by atoms with Crippen molar-refractivity contribution in [1.29, 1.82) is 0 Å². The van der Waals surface area contributed by atoms with Gasteiger partial charge in [-0.25, -0.2) is 9.97 Å². The van der Waals surface area contributed by atoms with Crippen LogP contribution in [-0.2, 0) is 6.54 Å². The lowest BCUT2D eigenvalue weighted by molar-refractivity contribution is 0.0778. The van der Waals surface area contributed by atoms with Crippen molar-refractivity contribution >= 4 is 29.3 Å². The highest BCUT2D eigenvalue weighted by molar-refractivity contribution is 7.98. The molecule has 1 aromatic heterocycles. The number of halogens is 1. The number of methoxy groups -OCH3 is 1. The summed E-state index contributed by atoms with van der Waals surface area (Å²) in [6, 6.07) is 7.56. The summed E-state index contributed by atoms with van der Waals surface area (Å²) in [7, 11) is 3.32. The van der Waals surface area contributed by atoms with Crippen LogP contribution in [0.3, 0.4) is 0 Å². The molecule has 2 rings (SSSR count). The second-order valence-electron chi connectivity index (χ2n) is 4.57. The Morgan fingerprint density at radius 1 is 1.45 bits per heavy atom. The van der Waals surface area contributed by atoms with Crippen molar-refractivity contribution in [2.75, 3.05) is 20.4 Å². The summed E-state index contributed by atoms with van der Waals surface area (Å²) in [6.07, 6.45) is 3.30. The molecule has 0 fully saturated rings. The van der Waals surface area contributed by atoms with Gasteiger partial charge in [-0.05, 0) is 24.0 Å². The minimum absolute atomic E-state index is 0.214. The van der Waals surface area contributed by atoms with Gasteiger partial charge in [0.05, 0.1) is 18.3 Å². The van der Waals surface area contributed by atoms with Crippen LogP contribution in [0.5, 0.6) is 5.75 Å². The van der Waals surface area contributed by atoms with Gasteiger partial charge < -0.3 is 9.64 Å². The molecule has 0 aliphatic carbocycles. The first-order chi connectivity index (χ1) is 10.5. The molecule has 0 unspecified atom stereocenters. The summed E-state index contributed by atoms with van der Waals surface area (Å²) in [6.45, 7) is 0.435. The van der Waals surface area contributed by atoms with E-state index < -0.39 is 0 Å². The molecule has 0 bridgehead atoms. The van der Waals surface area contributed by atoms with Crippen molar-refractivity contribution in [3.8, 4) is 5.75 Å². The molecule has 0 aliphatic heterocycles. The Labute approximate surface area is 138 Å². The number of nitrogens with zero attached hydrogens (tertiary/aromatic N) is 3. The first-order valence-corrected chi connectivity index (χ1v) is 8.10. The van der Waals surface area contributed by atoms with E-state index in [4.69, 9.17) is 16.3 Å². The molecule has 2 aromatic rings. The predicted octanol–water partition coefficient (Wildman–Crippen LogP) is 3.13. The molecule has 0 N–H and O–H groups in total. The Bertz CT molecular complexity index is 682. The first-order valence-electron chi connectivity index (χ1n) is 6.50. The second kappa shape index (κ2) is 7.47. The number of ether oxygens (including phenoxy) is 1. The van der Waals surface area contributed by atoms with E-state index >= 15 is 0 Å². The molecule has 116 valence electrons. The van der Waals surface area contributed by atoms with E-state index in [1.807, 2.05) is 30.5 Å². The normalized spacial score (nSPS) is 10.4. The molecule has 1 amide bonds. The van der Waals surface area contributed by atoms with Gasteiger partial charge in [0.2, 0.25) is 0 Å². The maximum absolute atomic E-state index is 12.5. The van der Waals surface area contributed by atoms with Gasteiger partial charge in [0, 0.05) is 13.6 Å². The van der Waals surface area contributed by atoms with Gasteiger partial charge in [-0.1, -0.05) is 35.5 Å². The lowest BCUT2D eigenvalue weighted by Crippen LogP contribution is -2.27. The zero-order valence-electron chi connectivity index (χ0n) is 12.5. The highest BCUT2D eigenvalue weighted by Crippen LogP contribution is 2.19. The average Bonchev–Trinajstić information content (AvgIpc) is 2.54. The van der Waals surface area contributed by atoms with Crippen LogP contribution in [0.4, 0.5) is 0 Å². The van der Waals surface area contributed by atoms with E-state index in [-0.39, 0.29) is 16.6 Å². The molecule has 7 heteroatoms. The van der Waals surface area contributed by atoms with Crippen LogP contribution in [0.2, 0.25) is 5.02 Å². The summed E-state index contributed by atoms with van der Waals surface area (Å²) in [5.41, 5.74) is 1.18. The number of carbonyl (C=O) groups is 1. The average molecular weight is 338 g/mol. The molecule has 22 heavy (non-hydrogen) atoms. The van der Waals surface area contributed by atoms with Crippen LogP contribution in [0.25, 0.3) is 0 Å². The van der Waals surface area contributed by atoms with E-state index in [0.29, 0.717) is 11.7 Å². The molecule has 0 aliphatic rings. The van der Waals surface area contributed by atoms with Gasteiger partial charge >= 0.3 is 0 Å². The molecule has 1 heterocycles. The van der Waals surface area contributed by atoms with E-state index in [1.54, 1.807) is 19.1 Å². The van der Waals surface area contributed by atoms with E-state index in [0.717, 1.165) is 11.3 Å².